The summed E-state index contributed by atoms with van der Waals surface area (Å²) in [6.45, 7) is 5.57. The molecule has 7 heteroatoms. The van der Waals surface area contributed by atoms with Gasteiger partial charge in [0.15, 0.2) is 5.96 Å². The van der Waals surface area contributed by atoms with Crippen molar-refractivity contribution in [3.63, 3.8) is 0 Å². The van der Waals surface area contributed by atoms with Gasteiger partial charge in [0, 0.05) is 58.5 Å². The van der Waals surface area contributed by atoms with Crippen LogP contribution in [0, 0.1) is 5.92 Å². The van der Waals surface area contributed by atoms with E-state index in [1.165, 1.54) is 18.4 Å². The molecule has 1 atom stereocenters. The molecule has 1 aliphatic carbocycles. The number of aliphatic imine (C=N–C) groups is 1. The first-order chi connectivity index (χ1) is 14.2. The van der Waals surface area contributed by atoms with Crippen LogP contribution in [-0.4, -0.2) is 71.0 Å². The third kappa shape index (κ3) is 7.40. The first kappa shape index (κ1) is 21.7. The van der Waals surface area contributed by atoms with E-state index in [9.17, 15) is 0 Å². The minimum Gasteiger partial charge on any atom is -0.497 e. The molecule has 1 saturated heterocycles. The molecule has 1 saturated carbocycles. The van der Waals surface area contributed by atoms with E-state index in [4.69, 9.17) is 14.2 Å². The van der Waals surface area contributed by atoms with Crippen molar-refractivity contribution in [2.75, 3.05) is 54.1 Å². The van der Waals surface area contributed by atoms with Crippen molar-refractivity contribution >= 4 is 5.96 Å². The molecule has 1 aliphatic heterocycles. The summed E-state index contributed by atoms with van der Waals surface area (Å²) < 4.78 is 16.5. The molecule has 1 unspecified atom stereocenters. The molecule has 1 aromatic rings. The summed E-state index contributed by atoms with van der Waals surface area (Å²) in [5.74, 6) is 3.38. The van der Waals surface area contributed by atoms with E-state index < -0.39 is 0 Å². The molecule has 2 aliphatic rings. The van der Waals surface area contributed by atoms with Crippen LogP contribution in [-0.2, 0) is 11.3 Å². The van der Waals surface area contributed by atoms with Gasteiger partial charge in [-0.1, -0.05) is 0 Å². The van der Waals surface area contributed by atoms with Crippen molar-refractivity contribution in [1.29, 1.82) is 0 Å². The molecule has 0 amide bonds. The van der Waals surface area contributed by atoms with Crippen LogP contribution in [0.3, 0.4) is 0 Å². The zero-order chi connectivity index (χ0) is 20.5. The Bertz CT molecular complexity index is 641. The summed E-state index contributed by atoms with van der Waals surface area (Å²) in [7, 11) is 5.20. The van der Waals surface area contributed by atoms with Gasteiger partial charge in [0.05, 0.1) is 14.2 Å². The molecule has 2 N–H and O–H groups in total. The Kier molecular flexibility index (Phi) is 8.43. The molecule has 2 fully saturated rings. The van der Waals surface area contributed by atoms with Crippen molar-refractivity contribution in [2.24, 2.45) is 10.9 Å². The van der Waals surface area contributed by atoms with Gasteiger partial charge >= 0.3 is 0 Å². The fourth-order valence-electron chi connectivity index (χ4n) is 3.61. The minimum absolute atomic E-state index is 0.403. The van der Waals surface area contributed by atoms with Crippen LogP contribution in [0.25, 0.3) is 0 Å². The normalized spacial score (nSPS) is 20.0. The lowest BCUT2D eigenvalue weighted by Crippen LogP contribution is -2.44. The van der Waals surface area contributed by atoms with Crippen molar-refractivity contribution in [1.82, 2.24) is 15.5 Å². The van der Waals surface area contributed by atoms with Gasteiger partial charge in [-0.3, -0.25) is 9.89 Å². The average molecular weight is 405 g/mol. The number of nitrogens with one attached hydrogen (secondary N) is 2. The topological polar surface area (TPSA) is 67.4 Å². The van der Waals surface area contributed by atoms with Crippen LogP contribution in [0.1, 0.15) is 31.2 Å². The first-order valence-corrected chi connectivity index (χ1v) is 10.7. The fourth-order valence-corrected chi connectivity index (χ4v) is 3.61. The van der Waals surface area contributed by atoms with E-state index in [-0.39, 0.29) is 0 Å². The third-order valence-corrected chi connectivity index (χ3v) is 5.46. The van der Waals surface area contributed by atoms with Crippen LogP contribution in [0.15, 0.2) is 23.2 Å². The number of benzene rings is 1. The van der Waals surface area contributed by atoms with E-state index in [1.807, 2.05) is 13.1 Å². The molecule has 1 heterocycles. The molecule has 0 spiro atoms. The SMILES string of the molecule is CN=C(NCCCOCC1CC1)NC1CCN(Cc2cc(OC)cc(OC)c2)C1. The predicted octanol–water partition coefficient (Wildman–Crippen LogP) is 2.26. The third-order valence-electron chi connectivity index (χ3n) is 5.46. The molecule has 162 valence electrons. The Morgan fingerprint density at radius 3 is 2.55 bits per heavy atom. The zero-order valence-electron chi connectivity index (χ0n) is 18.1. The van der Waals surface area contributed by atoms with Crippen LogP contribution in [0.5, 0.6) is 11.5 Å². The molecule has 0 radical (unpaired) electrons. The standard InChI is InChI=1S/C22H36N4O3/c1-23-22(24-8-4-10-29-16-17-5-6-17)25-19-7-9-26(15-19)14-18-11-20(27-2)13-21(12-18)28-3/h11-13,17,19H,4-10,14-16H2,1-3H3,(H2,23,24,25). The second kappa shape index (κ2) is 11.3. The fraction of sp³-hybridized carbons (Fsp3) is 0.682. The number of ether oxygens (including phenoxy) is 3. The van der Waals surface area contributed by atoms with Crippen LogP contribution in [0.4, 0.5) is 0 Å². The average Bonchev–Trinajstić information content (AvgIpc) is 3.47. The number of guanidine groups is 1. The number of hydrogen-bond acceptors (Lipinski definition) is 5. The Hall–Kier alpha value is -1.99. The maximum absolute atomic E-state index is 5.69. The highest BCUT2D eigenvalue weighted by atomic mass is 16.5. The van der Waals surface area contributed by atoms with E-state index in [1.54, 1.807) is 14.2 Å². The van der Waals surface area contributed by atoms with E-state index >= 15 is 0 Å². The summed E-state index contributed by atoms with van der Waals surface area (Å²) in [4.78, 5) is 6.81. The smallest absolute Gasteiger partial charge is 0.191 e. The summed E-state index contributed by atoms with van der Waals surface area (Å²) in [6.07, 6.45) is 4.80. The van der Waals surface area contributed by atoms with E-state index in [2.05, 4.69) is 32.7 Å². The minimum atomic E-state index is 0.403. The highest BCUT2D eigenvalue weighted by Gasteiger charge is 2.23. The molecule has 7 nitrogen and oxygen atoms in total. The second-order valence-electron chi connectivity index (χ2n) is 7.96. The molecular formula is C22H36N4O3. The molecule has 3 rings (SSSR count). The van der Waals surface area contributed by atoms with Gasteiger partial charge < -0.3 is 24.8 Å². The monoisotopic (exact) mass is 404 g/mol. The van der Waals surface area contributed by atoms with Gasteiger partial charge in [0.1, 0.15) is 11.5 Å². The zero-order valence-corrected chi connectivity index (χ0v) is 18.1. The summed E-state index contributed by atoms with van der Waals surface area (Å²) in [5, 5.41) is 6.95. The quantitative estimate of drug-likeness (QED) is 0.335. The molecule has 29 heavy (non-hydrogen) atoms. The number of likely N-dealkylation sites (tertiary alicyclic amines) is 1. The van der Waals surface area contributed by atoms with Crippen molar-refractivity contribution < 1.29 is 14.2 Å². The van der Waals surface area contributed by atoms with Gasteiger partial charge in [-0.2, -0.15) is 0 Å². The Morgan fingerprint density at radius 1 is 1.14 bits per heavy atom. The summed E-state index contributed by atoms with van der Waals surface area (Å²) >= 11 is 0. The number of rotatable bonds is 11. The Morgan fingerprint density at radius 2 is 1.90 bits per heavy atom. The number of methoxy groups -OCH3 is 2. The molecule has 1 aromatic carbocycles. The van der Waals surface area contributed by atoms with Crippen LogP contribution in [0.2, 0.25) is 0 Å². The van der Waals surface area contributed by atoms with E-state index in [0.717, 1.165) is 75.6 Å². The Labute approximate surface area is 174 Å². The lowest BCUT2D eigenvalue weighted by Gasteiger charge is -2.19. The molecule has 0 bridgehead atoms. The van der Waals surface area contributed by atoms with Gasteiger partial charge in [-0.15, -0.1) is 0 Å². The number of nitrogens with zero attached hydrogens (tertiary/aromatic N) is 2. The first-order valence-electron chi connectivity index (χ1n) is 10.7. The lowest BCUT2D eigenvalue weighted by molar-refractivity contribution is 0.123. The summed E-state index contributed by atoms with van der Waals surface area (Å²) in [5.41, 5.74) is 1.20. The second-order valence-corrected chi connectivity index (χ2v) is 7.96. The molecular weight excluding hydrogens is 368 g/mol. The van der Waals surface area contributed by atoms with E-state index in [0.29, 0.717) is 6.04 Å². The molecule has 0 aromatic heterocycles. The maximum atomic E-state index is 5.69. The highest BCUT2D eigenvalue weighted by molar-refractivity contribution is 5.79. The van der Waals surface area contributed by atoms with Crippen LogP contribution >= 0.6 is 0 Å². The number of hydrogen-bond donors (Lipinski definition) is 2. The highest BCUT2D eigenvalue weighted by Crippen LogP contribution is 2.28. The lowest BCUT2D eigenvalue weighted by atomic mass is 10.2. The Balaban J connectivity index is 1.37. The van der Waals surface area contributed by atoms with Crippen LogP contribution < -0.4 is 20.1 Å². The van der Waals surface area contributed by atoms with Crippen molar-refractivity contribution in [3.05, 3.63) is 23.8 Å². The van der Waals surface area contributed by atoms with Gasteiger partial charge in [-0.25, -0.2) is 0 Å². The summed E-state index contributed by atoms with van der Waals surface area (Å²) in [6, 6.07) is 6.47. The van der Waals surface area contributed by atoms with Gasteiger partial charge in [0.25, 0.3) is 0 Å². The van der Waals surface area contributed by atoms with Crippen molar-refractivity contribution in [2.45, 2.75) is 38.3 Å². The van der Waals surface area contributed by atoms with Gasteiger partial charge in [0.2, 0.25) is 0 Å². The largest absolute Gasteiger partial charge is 0.497 e. The predicted molar refractivity (Wildman–Crippen MR) is 116 cm³/mol. The maximum Gasteiger partial charge on any atom is 0.191 e. The van der Waals surface area contributed by atoms with Gasteiger partial charge in [-0.05, 0) is 49.3 Å². The van der Waals surface area contributed by atoms with Crippen molar-refractivity contribution in [3.8, 4) is 11.5 Å².